The second-order valence-electron chi connectivity index (χ2n) is 23.8. The van der Waals surface area contributed by atoms with Crippen molar-refractivity contribution in [2.45, 2.75) is 14.1 Å². The van der Waals surface area contributed by atoms with Crippen molar-refractivity contribution >= 4 is 323 Å². The Morgan fingerprint density at radius 1 is 0.127 bits per heavy atom. The van der Waals surface area contributed by atoms with E-state index in [1.165, 1.54) is 0 Å². The third-order valence-electron chi connectivity index (χ3n) is 24.2. The zero-order valence-corrected chi connectivity index (χ0v) is 34.4. The van der Waals surface area contributed by atoms with E-state index in [1.54, 1.807) is 313 Å². The second kappa shape index (κ2) is 4.77. The van der Waals surface area contributed by atoms with Crippen LogP contribution in [0.1, 0.15) is 22.3 Å². The van der Waals surface area contributed by atoms with Gasteiger partial charge in [-0.25, -0.2) is 0 Å². The molecule has 5 aliphatic rings. The Balaban J connectivity index is 1.30. The standard InChI is InChI=1S/C61Br2/c62-61(63)59-55-47-39-29-19-11-3-1-2-5-9-7(3)15-23-17(9)27-21-13(5)14-6(2)10-8-4(1)12(11)20-26-16(8)24-18(10)28-22(14)32-31(21)41-35(27)45-37(23)43(33(39)25(15)19)51(55)53(45)57-49(41)50-42(32)36(28)46-38(24)44-34(26)40(30(20)29)48(47)56(59)52(44)54(46)58(50)60(57,59)61. The van der Waals surface area contributed by atoms with Crippen LogP contribution >= 0.6 is 31.9 Å². The largest absolute Gasteiger partial charge is 0.110 e. The third-order valence-corrected chi connectivity index (χ3v) is 26.6. The summed E-state index contributed by atoms with van der Waals surface area (Å²) in [6.45, 7) is 0. The lowest BCUT2D eigenvalue weighted by molar-refractivity contribution is 0.731. The molecule has 0 saturated heterocycles. The Morgan fingerprint density at radius 2 is 0.206 bits per heavy atom. The van der Waals surface area contributed by atoms with Crippen molar-refractivity contribution in [3.05, 3.63) is 22.3 Å². The van der Waals surface area contributed by atoms with Crippen LogP contribution in [0.4, 0.5) is 0 Å². The molecule has 0 bridgehead atoms. The summed E-state index contributed by atoms with van der Waals surface area (Å²) in [5.41, 5.74) is 6.48. The van der Waals surface area contributed by atoms with E-state index in [4.69, 9.17) is 31.9 Å². The van der Waals surface area contributed by atoms with Gasteiger partial charge in [0.2, 0.25) is 0 Å². The molecule has 0 heterocycles. The number of benzene rings is 18. The zero-order valence-electron chi connectivity index (χ0n) is 31.3. The van der Waals surface area contributed by atoms with Gasteiger partial charge in [0, 0.05) is 0 Å². The van der Waals surface area contributed by atoms with E-state index in [1.807, 2.05) is 0 Å². The number of rotatable bonds is 0. The summed E-state index contributed by atoms with van der Waals surface area (Å²) in [6, 6.07) is 0. The van der Waals surface area contributed by atoms with Crippen molar-refractivity contribution in [2.24, 2.45) is 0 Å². The van der Waals surface area contributed by atoms with Gasteiger partial charge >= 0.3 is 0 Å². The number of alkyl halides is 2. The van der Waals surface area contributed by atoms with Gasteiger partial charge in [0.1, 0.15) is 3.23 Å². The summed E-state index contributed by atoms with van der Waals surface area (Å²) >= 11 is 9.84. The molecule has 5 aliphatic carbocycles. The monoisotopic (exact) mass is 890 g/mol. The average Bonchev–Trinajstić information content (AvgIpc) is 4.12. The summed E-state index contributed by atoms with van der Waals surface area (Å²) in [5, 5.41) is 89.9. The molecule has 0 unspecified atom stereocenters. The van der Waals surface area contributed by atoms with E-state index in [0.717, 1.165) is 0 Å². The predicted octanol–water partition coefficient (Wildman–Crippen LogP) is 17.8. The van der Waals surface area contributed by atoms with Crippen molar-refractivity contribution < 1.29 is 0 Å². The van der Waals surface area contributed by atoms with Crippen LogP contribution < -0.4 is 0 Å². The van der Waals surface area contributed by atoms with Gasteiger partial charge in [0.25, 0.3) is 0 Å². The molecule has 1 saturated carbocycles. The summed E-state index contributed by atoms with van der Waals surface area (Å²) in [5.74, 6) is 0. The molecule has 258 valence electrons. The van der Waals surface area contributed by atoms with Crippen LogP contribution in [0.5, 0.6) is 0 Å². The lowest BCUT2D eigenvalue weighted by atomic mass is 9.68. The molecule has 2 spiro atoms. The quantitative estimate of drug-likeness (QED) is 0.105. The number of halogens is 2. The fourth-order valence-electron chi connectivity index (χ4n) is 24.4. The van der Waals surface area contributed by atoms with Gasteiger partial charge in [-0.2, -0.15) is 0 Å². The molecule has 0 aromatic heterocycles. The molecule has 0 N–H and O–H groups in total. The average molecular weight is 892 g/mol. The lowest BCUT2D eigenvalue weighted by Gasteiger charge is -2.32. The highest BCUT2D eigenvalue weighted by Crippen LogP contribution is 2.96. The summed E-state index contributed by atoms with van der Waals surface area (Å²) in [6.07, 6.45) is 0. The molecule has 0 aliphatic heterocycles. The molecule has 33 rings (SSSR count). The third kappa shape index (κ3) is 1.08. The second-order valence-corrected chi connectivity index (χ2v) is 27.3. The Labute approximate surface area is 356 Å². The number of hydrogen-bond acceptors (Lipinski definition) is 0. The Morgan fingerprint density at radius 3 is 0.302 bits per heavy atom. The molecule has 0 radical (unpaired) electrons. The minimum Gasteiger partial charge on any atom is -0.0699 e. The first-order valence-corrected chi connectivity index (χ1v) is 25.0. The van der Waals surface area contributed by atoms with Gasteiger partial charge in [0.05, 0.1) is 10.8 Å². The van der Waals surface area contributed by atoms with E-state index in [-0.39, 0.29) is 14.1 Å². The highest BCUT2D eigenvalue weighted by molar-refractivity contribution is 9.25. The SMILES string of the molecule is BrC1(Br)C23c4c5c6c7c8c9c(c%10c%11c2c2c4c4c%12c5c5c6c6c8c8c%13c9c9c%10c%10c%11c%11c2c2c4c4c%12c%12c5c5c6c8c6c8c%13c9c9c%10c%10c%11c2c2c4c4c%12c5c6c5c8c9c%10c2c45)C713. The molecule has 63 heavy (non-hydrogen) atoms. The van der Waals surface area contributed by atoms with Crippen molar-refractivity contribution in [2.75, 3.05) is 0 Å². The van der Waals surface area contributed by atoms with Gasteiger partial charge in [-0.3, -0.25) is 0 Å². The maximum Gasteiger partial charge on any atom is 0.110 e. The highest BCUT2D eigenvalue weighted by Gasteiger charge is 2.93. The zero-order chi connectivity index (χ0) is 37.0. The van der Waals surface area contributed by atoms with Gasteiger partial charge in [0.15, 0.2) is 0 Å². The van der Waals surface area contributed by atoms with Crippen LogP contribution in [0.15, 0.2) is 0 Å². The van der Waals surface area contributed by atoms with Crippen molar-refractivity contribution in [3.8, 4) is 0 Å². The summed E-state index contributed by atoms with van der Waals surface area (Å²) in [7, 11) is 0. The van der Waals surface area contributed by atoms with Crippen LogP contribution in [0, 0.1) is 0 Å². The van der Waals surface area contributed by atoms with E-state index < -0.39 is 0 Å². The Hall–Kier alpha value is -6.58. The number of hydrogen-bond donors (Lipinski definition) is 0. The van der Waals surface area contributed by atoms with Crippen LogP contribution in [0.3, 0.4) is 0 Å². The summed E-state index contributed by atoms with van der Waals surface area (Å²) in [4.78, 5) is 0. The van der Waals surface area contributed by atoms with Crippen LogP contribution in [-0.2, 0) is 10.8 Å². The highest BCUT2D eigenvalue weighted by atomic mass is 79.9. The van der Waals surface area contributed by atoms with Crippen molar-refractivity contribution in [1.82, 2.24) is 0 Å². The molecular weight excluding hydrogens is 892 g/mol. The van der Waals surface area contributed by atoms with Crippen LogP contribution in [0.2, 0.25) is 0 Å². The molecule has 1 fully saturated rings. The fourth-order valence-corrected chi connectivity index (χ4v) is 26.9. The minimum absolute atomic E-state index is 0.217. The first-order chi connectivity index (χ1) is 31.2. The van der Waals surface area contributed by atoms with Crippen molar-refractivity contribution in [1.29, 1.82) is 0 Å². The maximum atomic E-state index is 4.92. The molecule has 0 amide bonds. The van der Waals surface area contributed by atoms with Gasteiger partial charge in [-0.15, -0.1) is 0 Å². The fraction of sp³-hybridized carbons (Fsp3) is 0.0492. The summed E-state index contributed by atoms with van der Waals surface area (Å²) < 4.78 is -0.329. The first kappa shape index (κ1) is 22.7. The predicted molar refractivity (Wildman–Crippen MR) is 274 cm³/mol. The minimum atomic E-state index is -0.329. The normalized spacial score (nSPS) is 21.2. The van der Waals surface area contributed by atoms with Gasteiger partial charge in [-0.05, 0) is 313 Å². The van der Waals surface area contributed by atoms with E-state index in [9.17, 15) is 0 Å². The van der Waals surface area contributed by atoms with Gasteiger partial charge < -0.3 is 0 Å². The first-order valence-electron chi connectivity index (χ1n) is 23.4. The van der Waals surface area contributed by atoms with Crippen molar-refractivity contribution in [3.63, 3.8) is 0 Å². The van der Waals surface area contributed by atoms with E-state index in [0.29, 0.717) is 0 Å². The Bertz CT molecular complexity index is 6400. The molecular formula is C61Br2. The van der Waals surface area contributed by atoms with Crippen LogP contribution in [-0.4, -0.2) is 3.23 Å². The smallest absolute Gasteiger partial charge is 0.0699 e. The molecule has 28 aromatic carbocycles. The van der Waals surface area contributed by atoms with Crippen LogP contribution in [0.25, 0.3) is 291 Å². The Kier molecular flexibility index (Phi) is 1.72. The maximum absolute atomic E-state index is 4.92. The topological polar surface area (TPSA) is 0 Å². The van der Waals surface area contributed by atoms with Gasteiger partial charge in [-0.1, -0.05) is 31.9 Å². The molecule has 28 aromatic rings. The lowest BCUT2D eigenvalue weighted by Crippen LogP contribution is -2.27. The molecule has 0 atom stereocenters. The molecule has 0 nitrogen and oxygen atoms in total. The molecule has 2 heteroatoms. The van der Waals surface area contributed by atoms with E-state index >= 15 is 0 Å². The van der Waals surface area contributed by atoms with E-state index in [2.05, 4.69) is 0 Å².